The molecule has 150 valence electrons. The first-order valence-corrected chi connectivity index (χ1v) is 9.37. The Bertz CT molecular complexity index is 594. The maximum atomic E-state index is 12.6. The second kappa shape index (κ2) is 10.2. The van der Waals surface area contributed by atoms with E-state index in [0.29, 0.717) is 26.3 Å². The van der Waals surface area contributed by atoms with Crippen molar-refractivity contribution in [1.29, 1.82) is 0 Å². The Hall–Kier alpha value is -2.28. The fourth-order valence-corrected chi connectivity index (χ4v) is 2.79. The Morgan fingerprint density at radius 1 is 1.19 bits per heavy atom. The monoisotopic (exact) mass is 378 g/mol. The SMILES string of the molecule is CC(C)(C)OC(=O)N(CCNC(=O)OCc1ccccc1)C1CCOCC1. The van der Waals surface area contributed by atoms with E-state index in [9.17, 15) is 9.59 Å². The summed E-state index contributed by atoms with van der Waals surface area (Å²) in [6.45, 7) is 7.63. The Morgan fingerprint density at radius 3 is 2.48 bits per heavy atom. The molecule has 0 unspecified atom stereocenters. The molecule has 2 amide bonds. The number of carbonyl (C=O) groups excluding carboxylic acids is 2. The quantitative estimate of drug-likeness (QED) is 0.822. The summed E-state index contributed by atoms with van der Waals surface area (Å²) in [6, 6.07) is 9.53. The number of alkyl carbamates (subject to hydrolysis) is 1. The lowest BCUT2D eigenvalue weighted by Gasteiger charge is -2.35. The Labute approximate surface area is 161 Å². The van der Waals surface area contributed by atoms with Crippen LogP contribution in [0.15, 0.2) is 30.3 Å². The van der Waals surface area contributed by atoms with Crippen LogP contribution in [0.4, 0.5) is 9.59 Å². The van der Waals surface area contributed by atoms with E-state index in [4.69, 9.17) is 14.2 Å². The van der Waals surface area contributed by atoms with Crippen molar-refractivity contribution < 1.29 is 23.8 Å². The van der Waals surface area contributed by atoms with Crippen molar-refractivity contribution in [2.24, 2.45) is 0 Å². The zero-order valence-corrected chi connectivity index (χ0v) is 16.4. The minimum atomic E-state index is -0.567. The average Bonchev–Trinajstić information content (AvgIpc) is 2.63. The molecule has 27 heavy (non-hydrogen) atoms. The van der Waals surface area contributed by atoms with Gasteiger partial charge in [0.1, 0.15) is 12.2 Å². The molecule has 1 aliphatic rings. The molecular weight excluding hydrogens is 348 g/mol. The van der Waals surface area contributed by atoms with Gasteiger partial charge in [0.25, 0.3) is 0 Å². The molecule has 7 nitrogen and oxygen atoms in total. The molecule has 0 spiro atoms. The van der Waals surface area contributed by atoms with Crippen LogP contribution in [0.1, 0.15) is 39.2 Å². The van der Waals surface area contributed by atoms with E-state index in [0.717, 1.165) is 18.4 Å². The highest BCUT2D eigenvalue weighted by Crippen LogP contribution is 2.18. The Balaban J connectivity index is 1.81. The van der Waals surface area contributed by atoms with Crippen LogP contribution in [0.25, 0.3) is 0 Å². The van der Waals surface area contributed by atoms with E-state index >= 15 is 0 Å². The average molecular weight is 378 g/mol. The summed E-state index contributed by atoms with van der Waals surface area (Å²) < 4.78 is 16.1. The van der Waals surface area contributed by atoms with Gasteiger partial charge in [-0.2, -0.15) is 0 Å². The second-order valence-electron chi connectivity index (χ2n) is 7.51. The third kappa shape index (κ3) is 7.86. The smallest absolute Gasteiger partial charge is 0.410 e. The number of benzene rings is 1. The normalized spacial score (nSPS) is 15.1. The Kier molecular flexibility index (Phi) is 7.91. The molecule has 1 fully saturated rings. The number of carbonyl (C=O) groups is 2. The van der Waals surface area contributed by atoms with E-state index in [1.54, 1.807) is 4.90 Å². The van der Waals surface area contributed by atoms with Gasteiger partial charge in [-0.1, -0.05) is 30.3 Å². The second-order valence-corrected chi connectivity index (χ2v) is 7.51. The van der Waals surface area contributed by atoms with Crippen molar-refractivity contribution in [3.05, 3.63) is 35.9 Å². The molecule has 1 saturated heterocycles. The van der Waals surface area contributed by atoms with Crippen LogP contribution >= 0.6 is 0 Å². The molecule has 0 radical (unpaired) electrons. The minimum Gasteiger partial charge on any atom is -0.445 e. The molecule has 0 aliphatic carbocycles. The molecule has 7 heteroatoms. The maximum Gasteiger partial charge on any atom is 0.410 e. The third-order valence-electron chi connectivity index (χ3n) is 4.09. The zero-order valence-electron chi connectivity index (χ0n) is 16.4. The number of nitrogens with one attached hydrogen (secondary N) is 1. The van der Waals surface area contributed by atoms with E-state index in [1.807, 2.05) is 51.1 Å². The van der Waals surface area contributed by atoms with Crippen LogP contribution < -0.4 is 5.32 Å². The first-order valence-electron chi connectivity index (χ1n) is 9.37. The van der Waals surface area contributed by atoms with Crippen LogP contribution in [0.3, 0.4) is 0 Å². The topological polar surface area (TPSA) is 77.1 Å². The lowest BCUT2D eigenvalue weighted by molar-refractivity contribution is -0.00534. The summed E-state index contributed by atoms with van der Waals surface area (Å²) in [5.41, 5.74) is 0.355. The summed E-state index contributed by atoms with van der Waals surface area (Å²) >= 11 is 0. The molecule has 0 aromatic heterocycles. The van der Waals surface area contributed by atoms with Gasteiger partial charge in [-0.05, 0) is 39.2 Å². The first-order chi connectivity index (χ1) is 12.8. The fourth-order valence-electron chi connectivity index (χ4n) is 2.79. The van der Waals surface area contributed by atoms with Gasteiger partial charge < -0.3 is 24.4 Å². The molecule has 1 aliphatic heterocycles. The minimum absolute atomic E-state index is 0.0516. The van der Waals surface area contributed by atoms with E-state index in [2.05, 4.69) is 5.32 Å². The van der Waals surface area contributed by atoms with Crippen LogP contribution in [-0.4, -0.2) is 55.0 Å². The number of nitrogens with zero attached hydrogens (tertiary/aromatic N) is 1. The predicted octanol–water partition coefficient (Wildman–Crippen LogP) is 3.33. The molecule has 1 aromatic rings. The van der Waals surface area contributed by atoms with Crippen molar-refractivity contribution >= 4 is 12.2 Å². The van der Waals surface area contributed by atoms with Crippen LogP contribution in [0.2, 0.25) is 0 Å². The van der Waals surface area contributed by atoms with Gasteiger partial charge in [0, 0.05) is 32.3 Å². The van der Waals surface area contributed by atoms with Crippen molar-refractivity contribution in [2.75, 3.05) is 26.3 Å². The highest BCUT2D eigenvalue weighted by Gasteiger charge is 2.29. The summed E-state index contributed by atoms with van der Waals surface area (Å²) in [6.07, 6.45) is 0.652. The number of rotatable bonds is 6. The van der Waals surface area contributed by atoms with Gasteiger partial charge in [0.2, 0.25) is 0 Å². The zero-order chi connectivity index (χ0) is 19.7. The predicted molar refractivity (Wildman–Crippen MR) is 101 cm³/mol. The molecule has 1 aromatic carbocycles. The van der Waals surface area contributed by atoms with Crippen molar-refractivity contribution in [3.63, 3.8) is 0 Å². The Morgan fingerprint density at radius 2 is 1.85 bits per heavy atom. The molecule has 1 N–H and O–H groups in total. The summed E-state index contributed by atoms with van der Waals surface area (Å²) in [5, 5.41) is 2.70. The highest BCUT2D eigenvalue weighted by molar-refractivity contribution is 5.69. The van der Waals surface area contributed by atoms with Gasteiger partial charge in [-0.3, -0.25) is 0 Å². The van der Waals surface area contributed by atoms with E-state index < -0.39 is 11.7 Å². The van der Waals surface area contributed by atoms with Crippen molar-refractivity contribution in [3.8, 4) is 0 Å². The standard InChI is InChI=1S/C20H30N2O5/c1-20(2,3)27-19(24)22(17-9-13-25-14-10-17)12-11-21-18(23)26-15-16-7-5-4-6-8-16/h4-8,17H,9-15H2,1-3H3,(H,21,23). The summed E-state index contributed by atoms with van der Waals surface area (Å²) in [7, 11) is 0. The van der Waals surface area contributed by atoms with E-state index in [-0.39, 0.29) is 18.7 Å². The number of hydrogen-bond donors (Lipinski definition) is 1. The van der Waals surface area contributed by atoms with Crippen LogP contribution in [0.5, 0.6) is 0 Å². The maximum absolute atomic E-state index is 12.6. The third-order valence-corrected chi connectivity index (χ3v) is 4.09. The van der Waals surface area contributed by atoms with Gasteiger partial charge in [-0.15, -0.1) is 0 Å². The number of hydrogen-bond acceptors (Lipinski definition) is 5. The van der Waals surface area contributed by atoms with Gasteiger partial charge in [0.15, 0.2) is 0 Å². The number of amides is 2. The van der Waals surface area contributed by atoms with Crippen molar-refractivity contribution in [1.82, 2.24) is 10.2 Å². The van der Waals surface area contributed by atoms with E-state index in [1.165, 1.54) is 0 Å². The molecule has 1 heterocycles. The van der Waals surface area contributed by atoms with Crippen molar-refractivity contribution in [2.45, 2.75) is 51.9 Å². The largest absolute Gasteiger partial charge is 0.445 e. The van der Waals surface area contributed by atoms with Gasteiger partial charge in [-0.25, -0.2) is 9.59 Å². The van der Waals surface area contributed by atoms with Crippen LogP contribution in [-0.2, 0) is 20.8 Å². The number of ether oxygens (including phenoxy) is 3. The molecular formula is C20H30N2O5. The van der Waals surface area contributed by atoms with Crippen LogP contribution in [0, 0.1) is 0 Å². The fraction of sp³-hybridized carbons (Fsp3) is 0.600. The highest BCUT2D eigenvalue weighted by atomic mass is 16.6. The molecule has 2 rings (SSSR count). The molecule has 0 atom stereocenters. The molecule has 0 saturated carbocycles. The summed E-state index contributed by atoms with van der Waals surface area (Å²) in [5.74, 6) is 0. The lowest BCUT2D eigenvalue weighted by atomic mass is 10.1. The van der Waals surface area contributed by atoms with Gasteiger partial charge in [0.05, 0.1) is 0 Å². The molecule has 0 bridgehead atoms. The summed E-state index contributed by atoms with van der Waals surface area (Å²) in [4.78, 5) is 26.1. The first kappa shape index (κ1) is 21.0. The van der Waals surface area contributed by atoms with Gasteiger partial charge >= 0.3 is 12.2 Å². The lowest BCUT2D eigenvalue weighted by Crippen LogP contribution is -2.48.